The Hall–Kier alpha value is -2.18. The minimum Gasteiger partial charge on any atom is -0.383 e. The first-order chi connectivity index (χ1) is 10.6. The van der Waals surface area contributed by atoms with Crippen LogP contribution < -0.4 is 10.6 Å². The zero-order chi connectivity index (χ0) is 15.9. The van der Waals surface area contributed by atoms with Crippen molar-refractivity contribution >= 4 is 29.1 Å². The van der Waals surface area contributed by atoms with E-state index < -0.39 is 0 Å². The van der Waals surface area contributed by atoms with E-state index in [0.29, 0.717) is 35.5 Å². The number of nitrogens with zero attached hydrogens (tertiary/aromatic N) is 2. The van der Waals surface area contributed by atoms with Crippen molar-refractivity contribution in [3.8, 4) is 0 Å². The van der Waals surface area contributed by atoms with Gasteiger partial charge in [0.25, 0.3) is 5.91 Å². The number of hydrogen-bond acceptors (Lipinski definition) is 5. The Balaban J connectivity index is 2.11. The smallest absolute Gasteiger partial charge is 0.274 e. The molecule has 1 heterocycles. The van der Waals surface area contributed by atoms with Crippen molar-refractivity contribution in [2.45, 2.75) is 6.92 Å². The summed E-state index contributed by atoms with van der Waals surface area (Å²) in [7, 11) is 1.61. The maximum absolute atomic E-state index is 12.3. The van der Waals surface area contributed by atoms with Gasteiger partial charge in [-0.2, -0.15) is 0 Å². The van der Waals surface area contributed by atoms with E-state index in [1.165, 1.54) is 0 Å². The summed E-state index contributed by atoms with van der Waals surface area (Å²) >= 11 is 5.90. The molecule has 1 amide bonds. The summed E-state index contributed by atoms with van der Waals surface area (Å²) in [5.74, 6) is 0.0795. The summed E-state index contributed by atoms with van der Waals surface area (Å²) in [5.41, 5.74) is 1.60. The summed E-state index contributed by atoms with van der Waals surface area (Å²) in [4.78, 5) is 20.7. The zero-order valence-corrected chi connectivity index (χ0v) is 13.1. The quantitative estimate of drug-likeness (QED) is 0.800. The Morgan fingerprint density at radius 3 is 2.86 bits per heavy atom. The topological polar surface area (TPSA) is 76.1 Å². The lowest BCUT2D eigenvalue weighted by molar-refractivity contribution is 0.102. The molecule has 2 rings (SSSR count). The second kappa shape index (κ2) is 7.72. The molecule has 0 aliphatic rings. The third kappa shape index (κ3) is 4.68. The highest BCUT2D eigenvalue weighted by Gasteiger charge is 2.11. The number of carbonyl (C=O) groups excluding carboxylic acids is 1. The third-order valence-electron chi connectivity index (χ3n) is 2.76. The van der Waals surface area contributed by atoms with E-state index in [1.54, 1.807) is 44.4 Å². The summed E-state index contributed by atoms with van der Waals surface area (Å²) in [6, 6.07) is 8.56. The highest BCUT2D eigenvalue weighted by Crippen LogP contribution is 2.16. The monoisotopic (exact) mass is 320 g/mol. The molecule has 0 radical (unpaired) electrons. The van der Waals surface area contributed by atoms with Gasteiger partial charge in [0.2, 0.25) is 5.95 Å². The van der Waals surface area contributed by atoms with Crippen LogP contribution in [0.5, 0.6) is 0 Å². The number of ether oxygens (including phenoxy) is 1. The number of methoxy groups -OCH3 is 1. The van der Waals surface area contributed by atoms with E-state index >= 15 is 0 Å². The molecule has 0 bridgehead atoms. The first-order valence-electron chi connectivity index (χ1n) is 6.74. The number of halogens is 1. The van der Waals surface area contributed by atoms with Gasteiger partial charge in [0.15, 0.2) is 0 Å². The van der Waals surface area contributed by atoms with Gasteiger partial charge >= 0.3 is 0 Å². The van der Waals surface area contributed by atoms with Crippen LogP contribution in [0.1, 0.15) is 16.2 Å². The fourth-order valence-corrected chi connectivity index (χ4v) is 1.98. The second-order valence-corrected chi connectivity index (χ2v) is 5.04. The fourth-order valence-electron chi connectivity index (χ4n) is 1.79. The Labute approximate surface area is 133 Å². The van der Waals surface area contributed by atoms with Crippen LogP contribution in [0.25, 0.3) is 0 Å². The Bertz CT molecular complexity index is 664. The largest absolute Gasteiger partial charge is 0.383 e. The van der Waals surface area contributed by atoms with E-state index in [0.717, 1.165) is 0 Å². The molecule has 0 saturated carbocycles. The first kappa shape index (κ1) is 16.2. The number of hydrogen-bond donors (Lipinski definition) is 2. The van der Waals surface area contributed by atoms with Gasteiger partial charge in [-0.1, -0.05) is 17.7 Å². The molecule has 0 spiro atoms. The van der Waals surface area contributed by atoms with Crippen molar-refractivity contribution in [2.24, 2.45) is 0 Å². The molecule has 6 nitrogen and oxygen atoms in total. The van der Waals surface area contributed by atoms with Crippen LogP contribution in [0.4, 0.5) is 11.6 Å². The molecule has 0 saturated heterocycles. The minimum atomic E-state index is -0.317. The van der Waals surface area contributed by atoms with E-state index in [9.17, 15) is 4.79 Å². The molecule has 0 fully saturated rings. The molecule has 116 valence electrons. The van der Waals surface area contributed by atoms with Crippen molar-refractivity contribution in [1.82, 2.24) is 9.97 Å². The van der Waals surface area contributed by atoms with E-state index in [2.05, 4.69) is 20.6 Å². The van der Waals surface area contributed by atoms with Crippen molar-refractivity contribution in [1.29, 1.82) is 0 Å². The van der Waals surface area contributed by atoms with Crippen LogP contribution in [0, 0.1) is 6.92 Å². The molecule has 22 heavy (non-hydrogen) atoms. The van der Waals surface area contributed by atoms with Crippen LogP contribution in [0.2, 0.25) is 5.02 Å². The number of rotatable bonds is 6. The summed E-state index contributed by atoms with van der Waals surface area (Å²) in [5, 5.41) is 6.32. The van der Waals surface area contributed by atoms with Gasteiger partial charge < -0.3 is 15.4 Å². The number of carbonyl (C=O) groups is 1. The molecule has 0 atom stereocenters. The SMILES string of the molecule is COCCNc1nc(C)cc(C(=O)Nc2cccc(Cl)c2)n1. The Morgan fingerprint density at radius 1 is 1.32 bits per heavy atom. The van der Waals surface area contributed by atoms with E-state index in [1.807, 2.05) is 0 Å². The van der Waals surface area contributed by atoms with Gasteiger partial charge in [-0.25, -0.2) is 9.97 Å². The number of amides is 1. The summed E-state index contributed by atoms with van der Waals surface area (Å²) in [6.07, 6.45) is 0. The van der Waals surface area contributed by atoms with Gasteiger partial charge in [-0.3, -0.25) is 4.79 Å². The molecule has 0 aliphatic heterocycles. The Kier molecular flexibility index (Phi) is 5.68. The average Bonchev–Trinajstić information content (AvgIpc) is 2.47. The maximum atomic E-state index is 12.3. The lowest BCUT2D eigenvalue weighted by Crippen LogP contribution is -2.17. The molecule has 2 aromatic rings. The number of aryl methyl sites for hydroxylation is 1. The number of nitrogens with one attached hydrogen (secondary N) is 2. The normalized spacial score (nSPS) is 10.3. The lowest BCUT2D eigenvalue weighted by atomic mass is 10.3. The zero-order valence-electron chi connectivity index (χ0n) is 12.4. The van der Waals surface area contributed by atoms with Gasteiger partial charge in [0.1, 0.15) is 5.69 Å². The number of anilines is 2. The van der Waals surface area contributed by atoms with Crippen molar-refractivity contribution in [3.63, 3.8) is 0 Å². The van der Waals surface area contributed by atoms with E-state index in [4.69, 9.17) is 16.3 Å². The van der Waals surface area contributed by atoms with Crippen molar-refractivity contribution in [2.75, 3.05) is 30.9 Å². The van der Waals surface area contributed by atoms with Crippen molar-refractivity contribution in [3.05, 3.63) is 46.7 Å². The highest BCUT2D eigenvalue weighted by atomic mass is 35.5. The molecular formula is C15H17ClN4O2. The number of benzene rings is 1. The molecule has 0 unspecified atom stereocenters. The number of aromatic nitrogens is 2. The molecule has 1 aromatic carbocycles. The van der Waals surface area contributed by atoms with Crippen LogP contribution in [-0.4, -0.2) is 36.1 Å². The minimum absolute atomic E-state index is 0.285. The van der Waals surface area contributed by atoms with Gasteiger partial charge in [0.05, 0.1) is 6.61 Å². The highest BCUT2D eigenvalue weighted by molar-refractivity contribution is 6.30. The first-order valence-corrected chi connectivity index (χ1v) is 7.11. The fraction of sp³-hybridized carbons (Fsp3) is 0.267. The van der Waals surface area contributed by atoms with Gasteiger partial charge in [0, 0.05) is 30.1 Å². The molecule has 0 aliphatic carbocycles. The van der Waals surface area contributed by atoms with Crippen LogP contribution in [0.15, 0.2) is 30.3 Å². The van der Waals surface area contributed by atoms with Crippen molar-refractivity contribution < 1.29 is 9.53 Å². The molecule has 1 aromatic heterocycles. The summed E-state index contributed by atoms with van der Waals surface area (Å²) < 4.78 is 4.95. The standard InChI is InChI=1S/C15H17ClN4O2/c1-10-8-13(20-15(18-10)17-6-7-22-2)14(21)19-12-5-3-4-11(16)9-12/h3-5,8-9H,6-7H2,1-2H3,(H,19,21)(H,17,18,20). The van der Waals surface area contributed by atoms with Gasteiger partial charge in [-0.05, 0) is 31.2 Å². The van der Waals surface area contributed by atoms with Crippen LogP contribution in [0.3, 0.4) is 0 Å². The summed E-state index contributed by atoms with van der Waals surface area (Å²) in [6.45, 7) is 2.90. The molecular weight excluding hydrogens is 304 g/mol. The second-order valence-electron chi connectivity index (χ2n) is 4.60. The molecule has 2 N–H and O–H groups in total. The van der Waals surface area contributed by atoms with Crippen LogP contribution >= 0.6 is 11.6 Å². The Morgan fingerprint density at radius 2 is 2.14 bits per heavy atom. The van der Waals surface area contributed by atoms with E-state index in [-0.39, 0.29) is 11.6 Å². The third-order valence-corrected chi connectivity index (χ3v) is 2.99. The van der Waals surface area contributed by atoms with Crippen LogP contribution in [-0.2, 0) is 4.74 Å². The maximum Gasteiger partial charge on any atom is 0.274 e. The predicted octanol–water partition coefficient (Wildman–Crippen LogP) is 2.75. The molecule has 7 heteroatoms. The predicted molar refractivity (Wildman–Crippen MR) is 86.5 cm³/mol. The average molecular weight is 321 g/mol. The van der Waals surface area contributed by atoms with Gasteiger partial charge in [-0.15, -0.1) is 0 Å². The lowest BCUT2D eigenvalue weighted by Gasteiger charge is -2.09.